The number of anilines is 1. The maximum atomic E-state index is 6.01. The summed E-state index contributed by atoms with van der Waals surface area (Å²) in [7, 11) is 0. The van der Waals surface area contributed by atoms with Crippen LogP contribution < -0.4 is 5.32 Å². The summed E-state index contributed by atoms with van der Waals surface area (Å²) in [5.41, 5.74) is 1.80. The van der Waals surface area contributed by atoms with Gasteiger partial charge in [-0.05, 0) is 26.5 Å². The highest BCUT2D eigenvalue weighted by atomic mass is 35.5. The fourth-order valence-electron chi connectivity index (χ4n) is 1.20. The Morgan fingerprint density at radius 1 is 1.31 bits per heavy atom. The molecule has 0 aliphatic heterocycles. The van der Waals surface area contributed by atoms with Crippen molar-refractivity contribution in [2.24, 2.45) is 0 Å². The maximum absolute atomic E-state index is 6.01. The van der Waals surface area contributed by atoms with Gasteiger partial charge in [0.2, 0.25) is 0 Å². The van der Waals surface area contributed by atoms with Crippen LogP contribution in [0.25, 0.3) is 0 Å². The van der Waals surface area contributed by atoms with Gasteiger partial charge >= 0.3 is 0 Å². The zero-order valence-corrected chi connectivity index (χ0v) is 11.7. The van der Waals surface area contributed by atoms with E-state index in [0.29, 0.717) is 16.2 Å². The highest BCUT2D eigenvalue weighted by molar-refractivity contribution is 7.99. The molecule has 90 valence electrons. The fourth-order valence-corrected chi connectivity index (χ4v) is 1.79. The van der Waals surface area contributed by atoms with Gasteiger partial charge in [0, 0.05) is 11.8 Å². The molecule has 0 saturated carbocycles. The number of halogens is 1. The minimum atomic E-state index is 0.458. The monoisotopic (exact) mass is 259 g/mol. The van der Waals surface area contributed by atoms with E-state index in [2.05, 4.69) is 28.5 Å². The summed E-state index contributed by atoms with van der Waals surface area (Å²) < 4.78 is 0. The lowest BCUT2D eigenvalue weighted by Crippen LogP contribution is -2.10. The van der Waals surface area contributed by atoms with E-state index >= 15 is 0 Å². The average molecular weight is 260 g/mol. The van der Waals surface area contributed by atoms with Crippen LogP contribution in [0.3, 0.4) is 0 Å². The Hall–Kier alpha value is -0.480. The number of hydrogen-bond donors (Lipinski definition) is 1. The average Bonchev–Trinajstić information content (AvgIpc) is 2.25. The van der Waals surface area contributed by atoms with Crippen LogP contribution in [0.4, 0.5) is 5.82 Å². The van der Waals surface area contributed by atoms with Crippen LogP contribution >= 0.6 is 23.4 Å². The minimum Gasteiger partial charge on any atom is -0.367 e. The summed E-state index contributed by atoms with van der Waals surface area (Å²) >= 11 is 7.87. The summed E-state index contributed by atoms with van der Waals surface area (Å²) in [6, 6.07) is 0. The smallest absolute Gasteiger partial charge is 0.171 e. The third-order valence-electron chi connectivity index (χ3n) is 2.51. The van der Waals surface area contributed by atoms with Gasteiger partial charge in [0.05, 0.1) is 11.4 Å². The molecule has 0 aliphatic carbocycles. The lowest BCUT2D eigenvalue weighted by molar-refractivity contribution is 0.847. The Morgan fingerprint density at radius 2 is 1.94 bits per heavy atom. The van der Waals surface area contributed by atoms with E-state index in [9.17, 15) is 0 Å². The van der Waals surface area contributed by atoms with E-state index in [-0.39, 0.29) is 0 Å². The van der Waals surface area contributed by atoms with Crippen molar-refractivity contribution < 1.29 is 0 Å². The van der Waals surface area contributed by atoms with Gasteiger partial charge in [-0.2, -0.15) is 11.8 Å². The van der Waals surface area contributed by atoms with Crippen molar-refractivity contribution in [1.82, 2.24) is 9.97 Å². The van der Waals surface area contributed by atoms with Crippen molar-refractivity contribution in [3.8, 4) is 0 Å². The van der Waals surface area contributed by atoms with E-state index in [1.165, 1.54) is 0 Å². The molecule has 0 radical (unpaired) electrons. The largest absolute Gasteiger partial charge is 0.367 e. The van der Waals surface area contributed by atoms with Crippen LogP contribution in [0.1, 0.15) is 24.7 Å². The lowest BCUT2D eigenvalue weighted by atomic mass is 10.3. The molecule has 0 fully saturated rings. The molecule has 16 heavy (non-hydrogen) atoms. The van der Waals surface area contributed by atoms with Crippen LogP contribution in [0.5, 0.6) is 0 Å². The SMILES string of the molecule is CSC(C)CCNc1nc(C)c(C)nc1Cl. The summed E-state index contributed by atoms with van der Waals surface area (Å²) in [5, 5.41) is 4.33. The quantitative estimate of drug-likeness (QED) is 0.881. The van der Waals surface area contributed by atoms with Crippen LogP contribution in [-0.2, 0) is 0 Å². The molecular weight excluding hydrogens is 242 g/mol. The van der Waals surface area contributed by atoms with E-state index in [0.717, 1.165) is 24.4 Å². The molecule has 1 heterocycles. The molecule has 1 aromatic rings. The molecule has 3 nitrogen and oxygen atoms in total. The summed E-state index contributed by atoms with van der Waals surface area (Å²) in [5.74, 6) is 0.693. The fraction of sp³-hybridized carbons (Fsp3) is 0.636. The normalized spacial score (nSPS) is 12.6. The molecule has 1 atom stereocenters. The number of nitrogens with zero attached hydrogens (tertiary/aromatic N) is 2. The van der Waals surface area contributed by atoms with Crippen molar-refractivity contribution in [1.29, 1.82) is 0 Å². The Labute approximate surface area is 106 Å². The van der Waals surface area contributed by atoms with Crippen molar-refractivity contribution >= 4 is 29.2 Å². The van der Waals surface area contributed by atoms with Crippen LogP contribution in [0.2, 0.25) is 5.15 Å². The third kappa shape index (κ3) is 3.83. The number of rotatable bonds is 5. The van der Waals surface area contributed by atoms with Gasteiger partial charge in [-0.25, -0.2) is 9.97 Å². The highest BCUT2D eigenvalue weighted by Gasteiger charge is 2.07. The Kier molecular flexibility index (Phi) is 5.35. The highest BCUT2D eigenvalue weighted by Crippen LogP contribution is 2.18. The second-order valence-corrected chi connectivity index (χ2v) is 5.43. The van der Waals surface area contributed by atoms with Gasteiger partial charge in [0.25, 0.3) is 0 Å². The first kappa shape index (κ1) is 13.6. The maximum Gasteiger partial charge on any atom is 0.171 e. The predicted molar refractivity (Wildman–Crippen MR) is 72.6 cm³/mol. The molecule has 0 spiro atoms. The molecule has 0 aromatic carbocycles. The molecule has 0 amide bonds. The van der Waals surface area contributed by atoms with E-state index in [1.807, 2.05) is 25.6 Å². The van der Waals surface area contributed by atoms with Gasteiger partial charge in [0.15, 0.2) is 11.0 Å². The van der Waals surface area contributed by atoms with Crippen molar-refractivity contribution in [3.05, 3.63) is 16.5 Å². The first-order chi connectivity index (χ1) is 7.54. The van der Waals surface area contributed by atoms with Crippen LogP contribution in [0.15, 0.2) is 0 Å². The van der Waals surface area contributed by atoms with Crippen molar-refractivity contribution in [2.75, 3.05) is 18.1 Å². The second-order valence-electron chi connectivity index (χ2n) is 3.80. The molecule has 1 unspecified atom stereocenters. The van der Waals surface area contributed by atoms with Gasteiger partial charge in [-0.1, -0.05) is 18.5 Å². The van der Waals surface area contributed by atoms with Crippen LogP contribution in [-0.4, -0.2) is 28.0 Å². The van der Waals surface area contributed by atoms with Gasteiger partial charge < -0.3 is 5.32 Å². The Bertz CT molecular complexity index is 357. The first-order valence-corrected chi connectivity index (χ1v) is 6.98. The van der Waals surface area contributed by atoms with E-state index in [4.69, 9.17) is 11.6 Å². The zero-order chi connectivity index (χ0) is 12.1. The van der Waals surface area contributed by atoms with Crippen molar-refractivity contribution in [3.63, 3.8) is 0 Å². The summed E-state index contributed by atoms with van der Waals surface area (Å²) in [4.78, 5) is 8.61. The van der Waals surface area contributed by atoms with E-state index < -0.39 is 0 Å². The second kappa shape index (κ2) is 6.30. The summed E-state index contributed by atoms with van der Waals surface area (Å²) in [6.45, 7) is 6.93. The van der Waals surface area contributed by atoms with Crippen LogP contribution in [0, 0.1) is 13.8 Å². The Balaban J connectivity index is 2.57. The molecule has 0 saturated heterocycles. The molecule has 5 heteroatoms. The summed E-state index contributed by atoms with van der Waals surface area (Å²) in [6.07, 6.45) is 3.21. The molecular formula is C11H18ClN3S. The number of aryl methyl sites for hydroxylation is 2. The third-order valence-corrected chi connectivity index (χ3v) is 3.81. The van der Waals surface area contributed by atoms with Gasteiger partial charge in [-0.3, -0.25) is 0 Å². The molecule has 0 bridgehead atoms. The number of nitrogens with one attached hydrogen (secondary N) is 1. The topological polar surface area (TPSA) is 37.8 Å². The Morgan fingerprint density at radius 3 is 2.56 bits per heavy atom. The minimum absolute atomic E-state index is 0.458. The lowest BCUT2D eigenvalue weighted by Gasteiger charge is -2.11. The molecule has 1 N–H and O–H groups in total. The zero-order valence-electron chi connectivity index (χ0n) is 10.2. The number of hydrogen-bond acceptors (Lipinski definition) is 4. The van der Waals surface area contributed by atoms with E-state index in [1.54, 1.807) is 0 Å². The van der Waals surface area contributed by atoms with Crippen molar-refractivity contribution in [2.45, 2.75) is 32.4 Å². The molecule has 1 rings (SSSR count). The van der Waals surface area contributed by atoms with Gasteiger partial charge in [-0.15, -0.1) is 0 Å². The predicted octanol–water partition coefficient (Wildman–Crippen LogP) is 3.30. The molecule has 1 aromatic heterocycles. The number of aromatic nitrogens is 2. The van der Waals surface area contributed by atoms with Gasteiger partial charge in [0.1, 0.15) is 0 Å². The molecule has 0 aliphatic rings. The first-order valence-electron chi connectivity index (χ1n) is 5.32. The number of thioether (sulfide) groups is 1. The standard InChI is InChI=1S/C11H18ClN3S/c1-7(16-4)5-6-13-11-10(12)14-8(2)9(3)15-11/h7H,5-6H2,1-4H3,(H,13,15).